The number of hydrogen-bond acceptors (Lipinski definition) is 2. The normalized spacial score (nSPS) is 29.3. The van der Waals surface area contributed by atoms with E-state index in [2.05, 4.69) is 0 Å². The smallest absolute Gasteiger partial charge is 0.128 e. The molecule has 3 N–H and O–H groups in total. The Labute approximate surface area is 106 Å². The summed E-state index contributed by atoms with van der Waals surface area (Å²) in [6, 6.07) is 4.76. The fourth-order valence-electron chi connectivity index (χ4n) is 2.55. The summed E-state index contributed by atoms with van der Waals surface area (Å²) in [5, 5.41) is 10.5. The quantitative estimate of drug-likeness (QED) is 0.856. The van der Waals surface area contributed by atoms with Gasteiger partial charge in [0.05, 0.1) is 5.60 Å². The second-order valence-electron chi connectivity index (χ2n) is 4.84. The third-order valence-corrected chi connectivity index (χ3v) is 4.03. The first-order valence-electron chi connectivity index (χ1n) is 5.92. The lowest BCUT2D eigenvalue weighted by atomic mass is 9.76. The summed E-state index contributed by atoms with van der Waals surface area (Å²) in [6.07, 6.45) is 2.68. The van der Waals surface area contributed by atoms with Crippen LogP contribution in [-0.4, -0.2) is 17.3 Å². The highest BCUT2D eigenvalue weighted by atomic mass is 35.5. The lowest BCUT2D eigenvalue weighted by molar-refractivity contribution is 0.00739. The number of hydrogen-bond donors (Lipinski definition) is 2. The molecule has 0 aliphatic heterocycles. The van der Waals surface area contributed by atoms with E-state index in [-0.39, 0.29) is 18.3 Å². The SMILES string of the molecule is NCC1(O)CCC(c2c(F)cccc2Cl)CC1. The lowest BCUT2D eigenvalue weighted by Crippen LogP contribution is -2.40. The van der Waals surface area contributed by atoms with Crippen LogP contribution in [0.2, 0.25) is 5.02 Å². The Bertz CT molecular complexity index is 382. The fourth-order valence-corrected chi connectivity index (χ4v) is 2.87. The highest BCUT2D eigenvalue weighted by Crippen LogP contribution is 2.40. The zero-order valence-corrected chi connectivity index (χ0v) is 10.4. The minimum atomic E-state index is -0.770. The lowest BCUT2D eigenvalue weighted by Gasteiger charge is -2.35. The number of halogens is 2. The van der Waals surface area contributed by atoms with Gasteiger partial charge in [-0.15, -0.1) is 0 Å². The molecule has 0 unspecified atom stereocenters. The molecule has 0 spiro atoms. The molecule has 17 heavy (non-hydrogen) atoms. The Morgan fingerprint density at radius 1 is 1.41 bits per heavy atom. The third kappa shape index (κ3) is 2.62. The molecular weight excluding hydrogens is 241 g/mol. The van der Waals surface area contributed by atoms with Crippen molar-refractivity contribution in [3.05, 3.63) is 34.6 Å². The first kappa shape index (κ1) is 12.8. The van der Waals surface area contributed by atoms with Crippen molar-refractivity contribution in [1.29, 1.82) is 0 Å². The molecule has 1 fully saturated rings. The van der Waals surface area contributed by atoms with Gasteiger partial charge in [-0.05, 0) is 43.7 Å². The maximum absolute atomic E-state index is 13.7. The molecule has 1 aromatic rings. The molecule has 0 atom stereocenters. The van der Waals surface area contributed by atoms with Gasteiger partial charge in [-0.1, -0.05) is 17.7 Å². The average molecular weight is 258 g/mol. The topological polar surface area (TPSA) is 46.2 Å². The van der Waals surface area contributed by atoms with Crippen LogP contribution < -0.4 is 5.73 Å². The Balaban J connectivity index is 2.16. The first-order valence-corrected chi connectivity index (χ1v) is 6.30. The van der Waals surface area contributed by atoms with Crippen LogP contribution in [-0.2, 0) is 0 Å². The zero-order chi connectivity index (χ0) is 12.5. The van der Waals surface area contributed by atoms with Crippen molar-refractivity contribution < 1.29 is 9.50 Å². The molecule has 2 rings (SSSR count). The molecule has 0 radical (unpaired) electrons. The zero-order valence-electron chi connectivity index (χ0n) is 9.63. The molecular formula is C13H17ClFNO. The minimum absolute atomic E-state index is 0.0931. The molecule has 0 amide bonds. The minimum Gasteiger partial charge on any atom is -0.389 e. The Morgan fingerprint density at radius 2 is 2.06 bits per heavy atom. The number of benzene rings is 1. The second kappa shape index (κ2) is 4.92. The summed E-state index contributed by atoms with van der Waals surface area (Å²) in [4.78, 5) is 0. The monoisotopic (exact) mass is 257 g/mol. The van der Waals surface area contributed by atoms with E-state index in [9.17, 15) is 9.50 Å². The number of nitrogens with two attached hydrogens (primary N) is 1. The van der Waals surface area contributed by atoms with Gasteiger partial charge in [0.2, 0.25) is 0 Å². The molecule has 1 aliphatic carbocycles. The van der Waals surface area contributed by atoms with E-state index in [1.165, 1.54) is 6.07 Å². The molecule has 2 nitrogen and oxygen atoms in total. The van der Waals surface area contributed by atoms with Crippen LogP contribution in [0, 0.1) is 5.82 Å². The van der Waals surface area contributed by atoms with Crippen LogP contribution in [0.4, 0.5) is 4.39 Å². The molecule has 1 aromatic carbocycles. The summed E-state index contributed by atoms with van der Waals surface area (Å²) in [5.74, 6) is -0.156. The van der Waals surface area contributed by atoms with Gasteiger partial charge in [-0.3, -0.25) is 0 Å². The number of rotatable bonds is 2. The van der Waals surface area contributed by atoms with E-state index in [0.717, 1.165) is 12.8 Å². The summed E-state index contributed by atoms with van der Waals surface area (Å²) in [5.41, 5.74) is 5.35. The van der Waals surface area contributed by atoms with Crippen molar-refractivity contribution in [2.75, 3.05) is 6.54 Å². The summed E-state index contributed by atoms with van der Waals surface area (Å²) >= 11 is 6.04. The van der Waals surface area contributed by atoms with Crippen molar-refractivity contribution in [2.45, 2.75) is 37.2 Å². The average Bonchev–Trinajstić information content (AvgIpc) is 2.31. The number of aliphatic hydroxyl groups is 1. The highest BCUT2D eigenvalue weighted by molar-refractivity contribution is 6.31. The molecule has 0 saturated heterocycles. The van der Waals surface area contributed by atoms with Gasteiger partial charge >= 0.3 is 0 Å². The second-order valence-corrected chi connectivity index (χ2v) is 5.25. The van der Waals surface area contributed by atoms with E-state index in [1.54, 1.807) is 12.1 Å². The van der Waals surface area contributed by atoms with E-state index >= 15 is 0 Å². The van der Waals surface area contributed by atoms with Gasteiger partial charge in [-0.2, -0.15) is 0 Å². The summed E-state index contributed by atoms with van der Waals surface area (Å²) < 4.78 is 13.7. The maximum Gasteiger partial charge on any atom is 0.128 e. The molecule has 1 aliphatic rings. The molecule has 4 heteroatoms. The standard InChI is InChI=1S/C13H17ClFNO/c14-10-2-1-3-11(15)12(10)9-4-6-13(17,8-16)7-5-9/h1-3,9,17H,4-8,16H2. The highest BCUT2D eigenvalue weighted by Gasteiger charge is 2.33. The van der Waals surface area contributed by atoms with Crippen LogP contribution in [0.25, 0.3) is 0 Å². The van der Waals surface area contributed by atoms with E-state index in [4.69, 9.17) is 17.3 Å². The van der Waals surface area contributed by atoms with Crippen molar-refractivity contribution in [2.24, 2.45) is 5.73 Å². The van der Waals surface area contributed by atoms with Crippen LogP contribution in [0.1, 0.15) is 37.2 Å². The molecule has 0 heterocycles. The van der Waals surface area contributed by atoms with Crippen LogP contribution >= 0.6 is 11.6 Å². The third-order valence-electron chi connectivity index (χ3n) is 3.70. The molecule has 94 valence electrons. The molecule has 1 saturated carbocycles. The van der Waals surface area contributed by atoms with Crippen molar-refractivity contribution in [3.8, 4) is 0 Å². The largest absolute Gasteiger partial charge is 0.389 e. The van der Waals surface area contributed by atoms with Gasteiger partial charge in [0.1, 0.15) is 5.82 Å². The summed E-state index contributed by atoms with van der Waals surface area (Å²) in [7, 11) is 0. The van der Waals surface area contributed by atoms with Gasteiger partial charge in [0.25, 0.3) is 0 Å². The van der Waals surface area contributed by atoms with Gasteiger partial charge in [-0.25, -0.2) is 4.39 Å². The van der Waals surface area contributed by atoms with Crippen molar-refractivity contribution in [1.82, 2.24) is 0 Å². The Hall–Kier alpha value is -0.640. The van der Waals surface area contributed by atoms with Crippen LogP contribution in [0.5, 0.6) is 0 Å². The van der Waals surface area contributed by atoms with Gasteiger partial charge in [0.15, 0.2) is 0 Å². The first-order chi connectivity index (χ1) is 8.06. The van der Waals surface area contributed by atoms with E-state index in [0.29, 0.717) is 23.4 Å². The maximum atomic E-state index is 13.7. The van der Waals surface area contributed by atoms with Gasteiger partial charge < -0.3 is 10.8 Å². The van der Waals surface area contributed by atoms with E-state index in [1.807, 2.05) is 0 Å². The summed E-state index contributed by atoms with van der Waals surface area (Å²) in [6.45, 7) is 0.269. The van der Waals surface area contributed by atoms with E-state index < -0.39 is 5.60 Å². The Kier molecular flexibility index (Phi) is 3.71. The van der Waals surface area contributed by atoms with Crippen molar-refractivity contribution in [3.63, 3.8) is 0 Å². The van der Waals surface area contributed by atoms with Gasteiger partial charge in [0, 0.05) is 17.1 Å². The molecule has 0 bridgehead atoms. The predicted molar refractivity (Wildman–Crippen MR) is 66.6 cm³/mol. The Morgan fingerprint density at radius 3 is 2.59 bits per heavy atom. The van der Waals surface area contributed by atoms with Crippen LogP contribution in [0.3, 0.4) is 0 Å². The predicted octanol–water partition coefficient (Wildman–Crippen LogP) is 2.83. The van der Waals surface area contributed by atoms with Crippen LogP contribution in [0.15, 0.2) is 18.2 Å². The van der Waals surface area contributed by atoms with Crippen molar-refractivity contribution >= 4 is 11.6 Å². The fraction of sp³-hybridized carbons (Fsp3) is 0.538. The molecule has 0 aromatic heterocycles.